The van der Waals surface area contributed by atoms with Crippen molar-refractivity contribution in [3.8, 4) is 11.6 Å². The van der Waals surface area contributed by atoms with Gasteiger partial charge in [-0.1, -0.05) is 0 Å². The number of carbonyl (C=O) groups is 1. The van der Waals surface area contributed by atoms with Crippen molar-refractivity contribution < 1.29 is 24.5 Å². The summed E-state index contributed by atoms with van der Waals surface area (Å²) in [6, 6.07) is 2.13. The number of nitro groups is 2. The highest BCUT2D eigenvalue weighted by Gasteiger charge is 2.26. The molecule has 1 atom stereocenters. The van der Waals surface area contributed by atoms with Gasteiger partial charge in [-0.05, 0) is 13.0 Å². The highest BCUT2D eigenvalue weighted by Crippen LogP contribution is 2.29. The molecule has 2 aromatic rings. The van der Waals surface area contributed by atoms with Crippen molar-refractivity contribution in [3.63, 3.8) is 0 Å². The van der Waals surface area contributed by atoms with Crippen LogP contribution in [0.2, 0.25) is 0 Å². The van der Waals surface area contributed by atoms with Gasteiger partial charge in [0.25, 0.3) is 5.69 Å². The largest absolute Gasteiger partial charge is 0.506 e. The van der Waals surface area contributed by atoms with E-state index in [1.807, 2.05) is 0 Å². The van der Waals surface area contributed by atoms with Crippen LogP contribution in [0.25, 0.3) is 0 Å². The SMILES string of the molecule is COc1nn(C(C)C(=O)Nc2cc([N+](=O)[O-])ccc2O)cc1[N+](=O)[O-]. The van der Waals surface area contributed by atoms with Gasteiger partial charge in [0.05, 0.1) is 22.6 Å². The zero-order chi connectivity index (χ0) is 18.7. The smallest absolute Gasteiger partial charge is 0.350 e. The van der Waals surface area contributed by atoms with E-state index in [9.17, 15) is 30.1 Å². The monoisotopic (exact) mass is 351 g/mol. The summed E-state index contributed by atoms with van der Waals surface area (Å²) in [6.07, 6.45) is 1.02. The summed E-state index contributed by atoms with van der Waals surface area (Å²) >= 11 is 0. The van der Waals surface area contributed by atoms with Crippen LogP contribution in [0.4, 0.5) is 17.1 Å². The number of anilines is 1. The van der Waals surface area contributed by atoms with E-state index in [4.69, 9.17) is 4.74 Å². The van der Waals surface area contributed by atoms with Gasteiger partial charge in [-0.3, -0.25) is 25.0 Å². The number of carbonyl (C=O) groups excluding carboxylic acids is 1. The zero-order valence-electron chi connectivity index (χ0n) is 13.1. The number of hydrogen-bond donors (Lipinski definition) is 2. The van der Waals surface area contributed by atoms with Crippen molar-refractivity contribution in [3.05, 3.63) is 44.6 Å². The number of non-ortho nitro benzene ring substituents is 1. The third-order valence-electron chi connectivity index (χ3n) is 3.30. The fraction of sp³-hybridized carbons (Fsp3) is 0.231. The quantitative estimate of drug-likeness (QED) is 0.450. The van der Waals surface area contributed by atoms with Gasteiger partial charge in [-0.25, -0.2) is 4.68 Å². The van der Waals surface area contributed by atoms with Crippen LogP contribution in [0.1, 0.15) is 13.0 Å². The number of hydrogen-bond acceptors (Lipinski definition) is 8. The number of amides is 1. The van der Waals surface area contributed by atoms with Gasteiger partial charge >= 0.3 is 11.6 Å². The molecule has 0 saturated carbocycles. The Bertz CT molecular complexity index is 847. The molecule has 12 heteroatoms. The molecule has 1 aromatic carbocycles. The fourth-order valence-electron chi connectivity index (χ4n) is 1.93. The Kier molecular flexibility index (Phi) is 4.81. The number of aromatic nitrogens is 2. The molecule has 132 valence electrons. The maximum absolute atomic E-state index is 12.3. The minimum atomic E-state index is -1.01. The summed E-state index contributed by atoms with van der Waals surface area (Å²) in [7, 11) is 1.20. The molecule has 2 rings (SSSR count). The van der Waals surface area contributed by atoms with Crippen molar-refractivity contribution in [1.29, 1.82) is 0 Å². The number of phenolic OH excluding ortho intramolecular Hbond substituents is 1. The van der Waals surface area contributed by atoms with E-state index in [2.05, 4.69) is 10.4 Å². The summed E-state index contributed by atoms with van der Waals surface area (Å²) in [5.41, 5.74) is -0.905. The predicted octanol–water partition coefficient (Wildman–Crippen LogP) is 1.61. The average Bonchev–Trinajstić information content (AvgIpc) is 3.00. The van der Waals surface area contributed by atoms with Crippen molar-refractivity contribution >= 4 is 23.0 Å². The van der Waals surface area contributed by atoms with Crippen LogP contribution in [0.5, 0.6) is 11.6 Å². The molecule has 0 saturated heterocycles. The molecule has 25 heavy (non-hydrogen) atoms. The first-order chi connectivity index (χ1) is 11.7. The van der Waals surface area contributed by atoms with Gasteiger partial charge in [-0.15, -0.1) is 5.10 Å². The fourth-order valence-corrected chi connectivity index (χ4v) is 1.93. The number of nitro benzene ring substituents is 1. The van der Waals surface area contributed by atoms with Gasteiger partial charge in [0, 0.05) is 12.1 Å². The summed E-state index contributed by atoms with van der Waals surface area (Å²) in [5, 5.41) is 37.5. The van der Waals surface area contributed by atoms with Crippen LogP contribution in [0, 0.1) is 20.2 Å². The number of benzene rings is 1. The molecular formula is C13H13N5O7. The maximum atomic E-state index is 12.3. The second-order valence-corrected chi connectivity index (χ2v) is 4.88. The lowest BCUT2D eigenvalue weighted by atomic mass is 10.2. The second-order valence-electron chi connectivity index (χ2n) is 4.88. The average molecular weight is 351 g/mol. The van der Waals surface area contributed by atoms with Crippen molar-refractivity contribution in [2.24, 2.45) is 0 Å². The number of nitrogens with zero attached hydrogens (tertiary/aromatic N) is 4. The first kappa shape index (κ1) is 17.7. The summed E-state index contributed by atoms with van der Waals surface area (Å²) in [5.74, 6) is -1.33. The highest BCUT2D eigenvalue weighted by molar-refractivity contribution is 5.95. The minimum absolute atomic E-state index is 0.167. The van der Waals surface area contributed by atoms with Crippen LogP contribution in [0.3, 0.4) is 0 Å². The van der Waals surface area contributed by atoms with Gasteiger partial charge in [-0.2, -0.15) is 0 Å². The first-order valence-electron chi connectivity index (χ1n) is 6.80. The number of ether oxygens (including phenoxy) is 1. The summed E-state index contributed by atoms with van der Waals surface area (Å²) < 4.78 is 5.79. The lowest BCUT2D eigenvalue weighted by Crippen LogP contribution is -2.24. The minimum Gasteiger partial charge on any atom is -0.506 e. The summed E-state index contributed by atoms with van der Waals surface area (Å²) in [4.78, 5) is 32.5. The molecule has 0 radical (unpaired) electrons. The van der Waals surface area contributed by atoms with E-state index in [0.717, 1.165) is 29.1 Å². The molecule has 0 fully saturated rings. The molecular weight excluding hydrogens is 338 g/mol. The molecule has 1 heterocycles. The van der Waals surface area contributed by atoms with Gasteiger partial charge in [0.2, 0.25) is 5.91 Å². The van der Waals surface area contributed by atoms with Crippen LogP contribution in [-0.2, 0) is 4.79 Å². The molecule has 0 spiro atoms. The number of aromatic hydroxyl groups is 1. The van der Waals surface area contributed by atoms with E-state index in [1.54, 1.807) is 0 Å². The Morgan fingerprint density at radius 3 is 2.56 bits per heavy atom. The van der Waals surface area contributed by atoms with E-state index in [1.165, 1.54) is 14.0 Å². The predicted molar refractivity (Wildman–Crippen MR) is 83.5 cm³/mol. The van der Waals surface area contributed by atoms with Crippen LogP contribution < -0.4 is 10.1 Å². The van der Waals surface area contributed by atoms with Crippen LogP contribution in [-0.4, -0.2) is 37.8 Å². The number of phenols is 1. The molecule has 0 bridgehead atoms. The van der Waals surface area contributed by atoms with Gasteiger partial charge in [0.1, 0.15) is 18.0 Å². The normalized spacial score (nSPS) is 11.6. The molecule has 0 aliphatic heterocycles. The van der Waals surface area contributed by atoms with Gasteiger partial charge < -0.3 is 15.2 Å². The van der Waals surface area contributed by atoms with Crippen molar-refractivity contribution in [2.45, 2.75) is 13.0 Å². The third kappa shape index (κ3) is 3.63. The highest BCUT2D eigenvalue weighted by atomic mass is 16.6. The molecule has 12 nitrogen and oxygen atoms in total. The number of rotatable bonds is 6. The van der Waals surface area contributed by atoms with Crippen molar-refractivity contribution in [1.82, 2.24) is 9.78 Å². The van der Waals surface area contributed by atoms with Crippen LogP contribution in [0.15, 0.2) is 24.4 Å². The second kappa shape index (κ2) is 6.82. The Balaban J connectivity index is 2.25. The Hall–Kier alpha value is -3.70. The standard InChI is InChI=1S/C13H13N5O7/c1-7(16-6-10(18(23)24)13(15-16)25-2)12(20)14-9-5-8(17(21)22)3-4-11(9)19/h3-7,19H,1-2H3,(H,14,20). The number of nitrogens with one attached hydrogen (secondary N) is 1. The first-order valence-corrected chi connectivity index (χ1v) is 6.80. The van der Waals surface area contributed by atoms with E-state index < -0.39 is 27.5 Å². The molecule has 2 N–H and O–H groups in total. The molecule has 1 amide bonds. The van der Waals surface area contributed by atoms with E-state index >= 15 is 0 Å². The lowest BCUT2D eigenvalue weighted by molar-refractivity contribution is -0.385. The van der Waals surface area contributed by atoms with E-state index in [0.29, 0.717) is 0 Å². The van der Waals surface area contributed by atoms with Gasteiger partial charge in [0.15, 0.2) is 0 Å². The Labute approximate surface area is 139 Å². The topological polar surface area (TPSA) is 163 Å². The molecule has 1 unspecified atom stereocenters. The zero-order valence-corrected chi connectivity index (χ0v) is 13.1. The summed E-state index contributed by atoms with van der Waals surface area (Å²) in [6.45, 7) is 1.40. The maximum Gasteiger partial charge on any atom is 0.350 e. The Morgan fingerprint density at radius 2 is 2.04 bits per heavy atom. The lowest BCUT2D eigenvalue weighted by Gasteiger charge is -2.13. The Morgan fingerprint density at radius 1 is 1.36 bits per heavy atom. The molecule has 0 aliphatic rings. The molecule has 1 aromatic heterocycles. The van der Waals surface area contributed by atoms with Crippen molar-refractivity contribution in [2.75, 3.05) is 12.4 Å². The third-order valence-corrected chi connectivity index (χ3v) is 3.30. The molecule has 0 aliphatic carbocycles. The van der Waals surface area contributed by atoms with E-state index in [-0.39, 0.29) is 23.0 Å². The number of methoxy groups -OCH3 is 1. The van der Waals surface area contributed by atoms with Crippen LogP contribution >= 0.6 is 0 Å².